The molecule has 0 aliphatic heterocycles. The van der Waals surface area contributed by atoms with E-state index in [2.05, 4.69) is 39.9 Å². The molecule has 0 spiro atoms. The van der Waals surface area contributed by atoms with Gasteiger partial charge in [0, 0.05) is 6.42 Å². The van der Waals surface area contributed by atoms with Crippen molar-refractivity contribution in [2.45, 2.75) is 19.8 Å². The van der Waals surface area contributed by atoms with Gasteiger partial charge < -0.3 is 4.48 Å². The van der Waals surface area contributed by atoms with Gasteiger partial charge in [0.25, 0.3) is 0 Å². The van der Waals surface area contributed by atoms with Crippen LogP contribution in [0.15, 0.2) is 0 Å². The first-order chi connectivity index (χ1) is 4.56. The molecule has 0 unspecified atom stereocenters. The zero-order chi connectivity index (χ0) is 8.04. The summed E-state index contributed by atoms with van der Waals surface area (Å²) in [5.41, 5.74) is 0. The Kier molecular flexibility index (Phi) is 4.14. The molecule has 0 rings (SSSR count). The lowest BCUT2D eigenvalue weighted by Crippen LogP contribution is -2.34. The van der Waals surface area contributed by atoms with E-state index in [1.165, 1.54) is 0 Å². The van der Waals surface area contributed by atoms with E-state index in [0.29, 0.717) is 0 Å². The molecule has 0 fully saturated rings. The normalized spacial score (nSPS) is 10.4. The first-order valence-corrected chi connectivity index (χ1v) is 3.82. The molecule has 0 aliphatic carbocycles. The van der Waals surface area contributed by atoms with Gasteiger partial charge in [-0.25, -0.2) is 0 Å². The minimum absolute atomic E-state index is 0.983. The summed E-state index contributed by atoms with van der Waals surface area (Å²) >= 11 is 0. The van der Waals surface area contributed by atoms with Crippen molar-refractivity contribution in [1.29, 1.82) is 0 Å². The van der Waals surface area contributed by atoms with E-state index in [-0.39, 0.29) is 0 Å². The van der Waals surface area contributed by atoms with Crippen LogP contribution in [0, 0.1) is 11.8 Å². The fourth-order valence-corrected chi connectivity index (χ4v) is 0.605. The summed E-state index contributed by atoms with van der Waals surface area (Å²) < 4.78 is 1.01. The van der Waals surface area contributed by atoms with Crippen molar-refractivity contribution in [3.05, 3.63) is 0 Å². The molecule has 0 N–H and O–H groups in total. The highest BCUT2D eigenvalue weighted by Gasteiger charge is 2.02. The number of hydrogen-bond donors (Lipinski definition) is 0. The lowest BCUT2D eigenvalue weighted by molar-refractivity contribution is -0.869. The fraction of sp³-hybridized carbons (Fsp3) is 0.778. The van der Waals surface area contributed by atoms with Crippen LogP contribution >= 0.6 is 0 Å². The molecule has 1 nitrogen and oxygen atoms in total. The summed E-state index contributed by atoms with van der Waals surface area (Å²) in [5.74, 6) is 6.19. The van der Waals surface area contributed by atoms with Gasteiger partial charge in [-0.15, -0.1) is 5.92 Å². The van der Waals surface area contributed by atoms with Gasteiger partial charge in [-0.05, 0) is 0 Å². The SMILES string of the molecule is CCC#CCC[N+](C)(C)C. The molecule has 0 aromatic heterocycles. The second kappa shape index (κ2) is 4.35. The van der Waals surface area contributed by atoms with Gasteiger partial charge in [0.15, 0.2) is 0 Å². The number of quaternary nitrogens is 1. The molecule has 0 atom stereocenters. The molecular formula is C9H18N+. The Morgan fingerprint density at radius 2 is 1.70 bits per heavy atom. The highest BCUT2D eigenvalue weighted by molar-refractivity contribution is 4.97. The fourth-order valence-electron chi connectivity index (χ4n) is 0.605. The van der Waals surface area contributed by atoms with E-state index >= 15 is 0 Å². The van der Waals surface area contributed by atoms with Gasteiger partial charge in [-0.1, -0.05) is 12.8 Å². The van der Waals surface area contributed by atoms with Gasteiger partial charge >= 0.3 is 0 Å². The van der Waals surface area contributed by atoms with Gasteiger partial charge in [-0.2, -0.15) is 0 Å². The molecule has 58 valence electrons. The molecule has 0 heterocycles. The summed E-state index contributed by atoms with van der Waals surface area (Å²) in [6.07, 6.45) is 2.01. The Hall–Kier alpha value is -0.480. The molecule has 1 heteroatoms. The molecule has 0 aromatic rings. The predicted molar refractivity (Wildman–Crippen MR) is 45.6 cm³/mol. The van der Waals surface area contributed by atoms with Crippen molar-refractivity contribution in [3.8, 4) is 11.8 Å². The second-order valence-electron chi connectivity index (χ2n) is 3.47. The highest BCUT2D eigenvalue weighted by Crippen LogP contribution is 1.91. The van der Waals surface area contributed by atoms with Crippen molar-refractivity contribution < 1.29 is 4.48 Å². The Bertz CT molecular complexity index is 131. The maximum absolute atomic E-state index is 3.13. The van der Waals surface area contributed by atoms with Crippen LogP contribution in [0.5, 0.6) is 0 Å². The maximum atomic E-state index is 3.13. The van der Waals surface area contributed by atoms with E-state index in [4.69, 9.17) is 0 Å². The van der Waals surface area contributed by atoms with Gasteiger partial charge in [0.05, 0.1) is 34.1 Å². The number of nitrogens with zero attached hydrogens (tertiary/aromatic N) is 1. The molecule has 0 bridgehead atoms. The zero-order valence-electron chi connectivity index (χ0n) is 7.57. The van der Waals surface area contributed by atoms with Crippen molar-refractivity contribution in [3.63, 3.8) is 0 Å². The third-order valence-corrected chi connectivity index (χ3v) is 1.21. The lowest BCUT2D eigenvalue weighted by Gasteiger charge is -2.22. The summed E-state index contributed by atoms with van der Waals surface area (Å²) in [6, 6.07) is 0. The van der Waals surface area contributed by atoms with Crippen LogP contribution in [-0.4, -0.2) is 32.2 Å². The van der Waals surface area contributed by atoms with Crippen LogP contribution in [0.2, 0.25) is 0 Å². The van der Waals surface area contributed by atoms with E-state index in [0.717, 1.165) is 23.9 Å². The first kappa shape index (κ1) is 9.52. The van der Waals surface area contributed by atoms with Crippen LogP contribution in [-0.2, 0) is 0 Å². The molecular weight excluding hydrogens is 122 g/mol. The molecule has 10 heavy (non-hydrogen) atoms. The van der Waals surface area contributed by atoms with Crippen LogP contribution < -0.4 is 0 Å². The number of rotatable bonds is 2. The van der Waals surface area contributed by atoms with E-state index in [9.17, 15) is 0 Å². The largest absolute Gasteiger partial charge is 0.330 e. The zero-order valence-corrected chi connectivity index (χ0v) is 7.57. The van der Waals surface area contributed by atoms with Crippen LogP contribution in [0.3, 0.4) is 0 Å². The highest BCUT2D eigenvalue weighted by atomic mass is 15.3. The van der Waals surface area contributed by atoms with Crippen molar-refractivity contribution in [2.24, 2.45) is 0 Å². The van der Waals surface area contributed by atoms with Crippen molar-refractivity contribution in [1.82, 2.24) is 0 Å². The monoisotopic (exact) mass is 140 g/mol. The average molecular weight is 140 g/mol. The Labute approximate surface area is 64.6 Å². The molecule has 0 saturated heterocycles. The Balaban J connectivity index is 3.37. The van der Waals surface area contributed by atoms with Crippen molar-refractivity contribution >= 4 is 0 Å². The van der Waals surface area contributed by atoms with Crippen LogP contribution in [0.4, 0.5) is 0 Å². The van der Waals surface area contributed by atoms with Crippen molar-refractivity contribution in [2.75, 3.05) is 27.7 Å². The first-order valence-electron chi connectivity index (χ1n) is 3.82. The Morgan fingerprint density at radius 3 is 2.10 bits per heavy atom. The third kappa shape index (κ3) is 7.52. The van der Waals surface area contributed by atoms with Gasteiger partial charge in [-0.3, -0.25) is 0 Å². The minimum atomic E-state index is 0.983. The van der Waals surface area contributed by atoms with Crippen LogP contribution in [0.25, 0.3) is 0 Å². The molecule has 0 aromatic carbocycles. The molecule has 0 radical (unpaired) electrons. The van der Waals surface area contributed by atoms with E-state index in [1.54, 1.807) is 0 Å². The quantitative estimate of drug-likeness (QED) is 0.403. The predicted octanol–water partition coefficient (Wildman–Crippen LogP) is 1.50. The standard InChI is InChI=1S/C9H18N/c1-5-6-7-8-9-10(2,3)4/h5,8-9H2,1-4H3/q+1. The summed E-state index contributed by atoms with van der Waals surface area (Å²) in [5, 5.41) is 0. The lowest BCUT2D eigenvalue weighted by atomic mass is 10.3. The van der Waals surface area contributed by atoms with Crippen LogP contribution in [0.1, 0.15) is 19.8 Å². The summed E-state index contributed by atoms with van der Waals surface area (Å²) in [4.78, 5) is 0. The smallest absolute Gasteiger partial charge is 0.0891 e. The van der Waals surface area contributed by atoms with Gasteiger partial charge in [0.1, 0.15) is 0 Å². The molecule has 0 amide bonds. The third-order valence-electron chi connectivity index (χ3n) is 1.21. The average Bonchev–Trinajstić information content (AvgIpc) is 1.78. The summed E-state index contributed by atoms with van der Waals surface area (Å²) in [7, 11) is 6.56. The maximum Gasteiger partial charge on any atom is 0.0891 e. The Morgan fingerprint density at radius 1 is 1.10 bits per heavy atom. The molecule has 0 aliphatic rings. The van der Waals surface area contributed by atoms with Gasteiger partial charge in [0.2, 0.25) is 0 Å². The molecule has 0 saturated carbocycles. The summed E-state index contributed by atoms with van der Waals surface area (Å²) in [6.45, 7) is 3.23. The van der Waals surface area contributed by atoms with E-state index in [1.807, 2.05) is 0 Å². The number of hydrogen-bond acceptors (Lipinski definition) is 0. The van der Waals surface area contributed by atoms with E-state index < -0.39 is 0 Å². The minimum Gasteiger partial charge on any atom is -0.330 e. The topological polar surface area (TPSA) is 0 Å². The second-order valence-corrected chi connectivity index (χ2v) is 3.47.